The molecular weight excluding hydrogens is 366 g/mol. The molecule has 2 aromatic carbocycles. The fourth-order valence-corrected chi connectivity index (χ4v) is 2.65. The van der Waals surface area contributed by atoms with Crippen molar-refractivity contribution in [3.63, 3.8) is 0 Å². The summed E-state index contributed by atoms with van der Waals surface area (Å²) in [5.41, 5.74) is 1.33. The topological polar surface area (TPSA) is 68.3 Å². The second-order valence-corrected chi connectivity index (χ2v) is 6.52. The Morgan fingerprint density at radius 2 is 1.86 bits per heavy atom. The van der Waals surface area contributed by atoms with Gasteiger partial charge in [0.25, 0.3) is 5.91 Å². The van der Waals surface area contributed by atoms with Crippen LogP contribution in [0.2, 0.25) is 0 Å². The number of nitrogens with zero attached hydrogens (tertiary/aromatic N) is 1. The Bertz CT molecular complexity index is 1050. The molecular formula is C21H18F2N2O3. The smallest absolute Gasteiger partial charge is 0.339 e. The van der Waals surface area contributed by atoms with E-state index in [1.807, 2.05) is 19.9 Å². The zero-order valence-electron chi connectivity index (χ0n) is 15.3. The number of anilines is 1. The molecule has 3 rings (SSSR count). The van der Waals surface area contributed by atoms with Gasteiger partial charge in [-0.05, 0) is 30.2 Å². The minimum absolute atomic E-state index is 0.0930. The summed E-state index contributed by atoms with van der Waals surface area (Å²) in [6, 6.07) is 11.4. The van der Waals surface area contributed by atoms with Crippen LogP contribution >= 0.6 is 0 Å². The Morgan fingerprint density at radius 1 is 1.11 bits per heavy atom. The normalized spacial score (nSPS) is 10.9. The van der Waals surface area contributed by atoms with E-state index in [2.05, 4.69) is 10.3 Å². The van der Waals surface area contributed by atoms with Gasteiger partial charge in [-0.25, -0.2) is 13.6 Å². The predicted molar refractivity (Wildman–Crippen MR) is 101 cm³/mol. The molecule has 0 saturated carbocycles. The van der Waals surface area contributed by atoms with Crippen LogP contribution in [0.15, 0.2) is 48.5 Å². The minimum Gasteiger partial charge on any atom is -0.452 e. The van der Waals surface area contributed by atoms with Crippen LogP contribution in [0.1, 0.15) is 35.8 Å². The Labute approximate surface area is 160 Å². The highest BCUT2D eigenvalue weighted by Crippen LogP contribution is 2.23. The second-order valence-electron chi connectivity index (χ2n) is 6.52. The van der Waals surface area contributed by atoms with Gasteiger partial charge in [0.1, 0.15) is 11.6 Å². The fourth-order valence-electron chi connectivity index (χ4n) is 2.65. The number of nitrogens with one attached hydrogen (secondary N) is 1. The first-order valence-electron chi connectivity index (χ1n) is 8.67. The molecule has 0 aliphatic carbocycles. The summed E-state index contributed by atoms with van der Waals surface area (Å²) in [5, 5.41) is 2.79. The first-order valence-corrected chi connectivity index (χ1v) is 8.67. The number of carbonyl (C=O) groups excluding carboxylic acids is 2. The van der Waals surface area contributed by atoms with Crippen molar-refractivity contribution >= 4 is 28.5 Å². The zero-order valence-corrected chi connectivity index (χ0v) is 15.3. The summed E-state index contributed by atoms with van der Waals surface area (Å²) in [4.78, 5) is 29.0. The monoisotopic (exact) mass is 384 g/mol. The Balaban J connectivity index is 1.76. The van der Waals surface area contributed by atoms with Crippen molar-refractivity contribution in [1.29, 1.82) is 0 Å². The number of fused-ring (bicyclic) bond motifs is 1. The number of amides is 1. The summed E-state index contributed by atoms with van der Waals surface area (Å²) < 4.78 is 31.8. The lowest BCUT2D eigenvalue weighted by atomic mass is 10.0. The van der Waals surface area contributed by atoms with Gasteiger partial charge in [0.15, 0.2) is 6.61 Å². The molecule has 7 heteroatoms. The molecule has 28 heavy (non-hydrogen) atoms. The van der Waals surface area contributed by atoms with Crippen molar-refractivity contribution in [2.45, 2.75) is 19.8 Å². The SMILES string of the molecule is CC(C)c1cc(C(=O)OCC(=O)Nc2cc(F)ccc2F)c2ccccc2n1. The lowest BCUT2D eigenvalue weighted by Crippen LogP contribution is -2.22. The van der Waals surface area contributed by atoms with Gasteiger partial charge in [-0.2, -0.15) is 0 Å². The third-order valence-corrected chi connectivity index (χ3v) is 4.08. The minimum atomic E-state index is -0.789. The van der Waals surface area contributed by atoms with Gasteiger partial charge < -0.3 is 10.1 Å². The van der Waals surface area contributed by atoms with Crippen LogP contribution in [-0.2, 0) is 9.53 Å². The van der Waals surface area contributed by atoms with E-state index in [1.165, 1.54) is 0 Å². The number of halogens is 2. The number of esters is 1. The summed E-state index contributed by atoms with van der Waals surface area (Å²) in [5.74, 6) is -2.87. The Morgan fingerprint density at radius 3 is 2.61 bits per heavy atom. The van der Waals surface area contributed by atoms with E-state index in [0.717, 1.165) is 23.9 Å². The van der Waals surface area contributed by atoms with Crippen molar-refractivity contribution in [1.82, 2.24) is 4.98 Å². The van der Waals surface area contributed by atoms with Gasteiger partial charge in [0.05, 0.1) is 16.8 Å². The van der Waals surface area contributed by atoms with E-state index in [4.69, 9.17) is 4.74 Å². The number of carbonyl (C=O) groups is 2. The second kappa shape index (κ2) is 8.12. The average Bonchev–Trinajstić information content (AvgIpc) is 2.68. The third kappa shape index (κ3) is 4.31. The van der Waals surface area contributed by atoms with E-state index >= 15 is 0 Å². The van der Waals surface area contributed by atoms with Crippen molar-refractivity contribution in [2.75, 3.05) is 11.9 Å². The van der Waals surface area contributed by atoms with Crippen LogP contribution in [0.25, 0.3) is 10.9 Å². The summed E-state index contributed by atoms with van der Waals surface area (Å²) in [6.07, 6.45) is 0. The number of para-hydroxylation sites is 1. The molecule has 0 unspecified atom stereocenters. The zero-order chi connectivity index (χ0) is 20.3. The van der Waals surface area contributed by atoms with Crippen molar-refractivity contribution in [2.24, 2.45) is 0 Å². The molecule has 5 nitrogen and oxygen atoms in total. The van der Waals surface area contributed by atoms with E-state index in [9.17, 15) is 18.4 Å². The lowest BCUT2D eigenvalue weighted by Gasteiger charge is -2.12. The molecule has 3 aromatic rings. The number of hydrogen-bond acceptors (Lipinski definition) is 4. The maximum atomic E-state index is 13.6. The van der Waals surface area contributed by atoms with Gasteiger partial charge in [0.2, 0.25) is 0 Å². The maximum Gasteiger partial charge on any atom is 0.339 e. The van der Waals surface area contributed by atoms with Crippen LogP contribution in [0, 0.1) is 11.6 Å². The predicted octanol–water partition coefficient (Wildman–Crippen LogP) is 4.43. The molecule has 0 aliphatic rings. The number of rotatable bonds is 5. The first-order chi connectivity index (χ1) is 13.3. The molecule has 0 fully saturated rings. The van der Waals surface area contributed by atoms with Crippen LogP contribution in [0.5, 0.6) is 0 Å². The molecule has 144 valence electrons. The number of benzene rings is 2. The quantitative estimate of drug-likeness (QED) is 0.661. The molecule has 0 aliphatic heterocycles. The summed E-state index contributed by atoms with van der Waals surface area (Å²) in [7, 11) is 0. The molecule has 0 radical (unpaired) electrons. The molecule has 1 heterocycles. The number of pyridine rings is 1. The number of ether oxygens (including phenoxy) is 1. The summed E-state index contributed by atoms with van der Waals surface area (Å²) >= 11 is 0. The highest BCUT2D eigenvalue weighted by atomic mass is 19.1. The van der Waals surface area contributed by atoms with Crippen LogP contribution in [0.3, 0.4) is 0 Å². The maximum absolute atomic E-state index is 13.6. The highest BCUT2D eigenvalue weighted by molar-refractivity contribution is 6.04. The third-order valence-electron chi connectivity index (χ3n) is 4.08. The summed E-state index contributed by atoms with van der Waals surface area (Å²) in [6.45, 7) is 3.27. The Hall–Kier alpha value is -3.35. The lowest BCUT2D eigenvalue weighted by molar-refractivity contribution is -0.119. The van der Waals surface area contributed by atoms with E-state index in [1.54, 1.807) is 24.3 Å². The van der Waals surface area contributed by atoms with E-state index in [0.29, 0.717) is 16.5 Å². The van der Waals surface area contributed by atoms with Crippen molar-refractivity contribution < 1.29 is 23.1 Å². The molecule has 1 aromatic heterocycles. The molecule has 0 atom stereocenters. The first kappa shape index (κ1) is 19.4. The molecule has 1 amide bonds. The standard InChI is InChI=1S/C21H18F2N2O3/c1-12(2)18-10-15(14-5-3-4-6-17(14)24-18)21(27)28-11-20(26)25-19-9-13(22)7-8-16(19)23/h3-10,12H,11H2,1-2H3,(H,25,26). The average molecular weight is 384 g/mol. The van der Waals surface area contributed by atoms with Crippen LogP contribution in [-0.4, -0.2) is 23.5 Å². The van der Waals surface area contributed by atoms with E-state index < -0.39 is 30.1 Å². The largest absolute Gasteiger partial charge is 0.452 e. The van der Waals surface area contributed by atoms with Gasteiger partial charge in [0, 0.05) is 17.1 Å². The van der Waals surface area contributed by atoms with Gasteiger partial charge in [-0.1, -0.05) is 32.0 Å². The van der Waals surface area contributed by atoms with Gasteiger partial charge >= 0.3 is 5.97 Å². The van der Waals surface area contributed by atoms with Crippen molar-refractivity contribution in [3.8, 4) is 0 Å². The highest BCUT2D eigenvalue weighted by Gasteiger charge is 2.17. The molecule has 0 bridgehead atoms. The van der Waals surface area contributed by atoms with Gasteiger partial charge in [-0.15, -0.1) is 0 Å². The Kier molecular flexibility index (Phi) is 5.63. The number of aromatic nitrogens is 1. The van der Waals surface area contributed by atoms with E-state index in [-0.39, 0.29) is 11.6 Å². The molecule has 0 spiro atoms. The number of hydrogen-bond donors (Lipinski definition) is 1. The fraction of sp³-hybridized carbons (Fsp3) is 0.190. The molecule has 0 saturated heterocycles. The molecule has 1 N–H and O–H groups in total. The van der Waals surface area contributed by atoms with Crippen molar-refractivity contribution in [3.05, 3.63) is 71.4 Å². The van der Waals surface area contributed by atoms with Crippen LogP contribution in [0.4, 0.5) is 14.5 Å². The van der Waals surface area contributed by atoms with Gasteiger partial charge in [-0.3, -0.25) is 9.78 Å². The van der Waals surface area contributed by atoms with Crippen LogP contribution < -0.4 is 5.32 Å².